The second-order valence-electron chi connectivity index (χ2n) is 8.36. The van der Waals surface area contributed by atoms with Gasteiger partial charge < -0.3 is 16.4 Å². The Hall–Kier alpha value is -3.94. The molecule has 8 heteroatoms. The van der Waals surface area contributed by atoms with Crippen LogP contribution in [0.15, 0.2) is 54.9 Å². The van der Waals surface area contributed by atoms with Gasteiger partial charge in [-0.25, -0.2) is 19.4 Å². The maximum atomic E-state index is 12.4. The zero-order chi connectivity index (χ0) is 22.1. The molecule has 0 unspecified atom stereocenters. The summed E-state index contributed by atoms with van der Waals surface area (Å²) in [5.41, 5.74) is 11.4. The zero-order valence-electron chi connectivity index (χ0n) is 17.9. The van der Waals surface area contributed by atoms with E-state index in [4.69, 9.17) is 10.8 Å². The molecule has 32 heavy (non-hydrogen) atoms. The predicted molar refractivity (Wildman–Crippen MR) is 126 cm³/mol. The van der Waals surface area contributed by atoms with Crippen LogP contribution < -0.4 is 16.4 Å². The molecule has 1 fully saturated rings. The molecule has 2 aromatic carbocycles. The van der Waals surface area contributed by atoms with Crippen molar-refractivity contribution in [3.63, 3.8) is 0 Å². The summed E-state index contributed by atoms with van der Waals surface area (Å²) in [6, 6.07) is 15.1. The first-order chi connectivity index (χ1) is 15.5. The number of hydrogen-bond donors (Lipinski definition) is 3. The Balaban J connectivity index is 1.35. The number of amides is 2. The van der Waals surface area contributed by atoms with Crippen molar-refractivity contribution in [2.45, 2.75) is 32.7 Å². The van der Waals surface area contributed by atoms with Gasteiger partial charge in [-0.2, -0.15) is 5.10 Å². The van der Waals surface area contributed by atoms with Gasteiger partial charge in [-0.1, -0.05) is 24.3 Å². The van der Waals surface area contributed by atoms with Crippen LogP contribution in [0.5, 0.6) is 0 Å². The summed E-state index contributed by atoms with van der Waals surface area (Å²) < 4.78 is 1.96. The van der Waals surface area contributed by atoms with E-state index in [0.29, 0.717) is 23.8 Å². The van der Waals surface area contributed by atoms with Gasteiger partial charge >= 0.3 is 6.03 Å². The summed E-state index contributed by atoms with van der Waals surface area (Å²) in [4.78, 5) is 21.0. The summed E-state index contributed by atoms with van der Waals surface area (Å²) in [6.07, 6.45) is 4.52. The highest BCUT2D eigenvalue weighted by molar-refractivity contribution is 5.99. The molecule has 0 bridgehead atoms. The highest BCUT2D eigenvalue weighted by Crippen LogP contribution is 2.32. The van der Waals surface area contributed by atoms with E-state index in [1.54, 1.807) is 0 Å². The average Bonchev–Trinajstić information content (AvgIpc) is 3.50. The molecular formula is C24H25N7O. The Morgan fingerprint density at radius 2 is 1.84 bits per heavy atom. The fraction of sp³-hybridized carbons (Fsp3) is 0.250. The molecule has 5 rings (SSSR count). The van der Waals surface area contributed by atoms with Gasteiger partial charge in [-0.3, -0.25) is 0 Å². The number of fused-ring (bicyclic) bond motifs is 1. The smallest absolute Gasteiger partial charge is 0.323 e. The first-order valence-corrected chi connectivity index (χ1v) is 10.7. The third-order valence-corrected chi connectivity index (χ3v) is 5.59. The molecule has 0 radical (unpaired) electrons. The summed E-state index contributed by atoms with van der Waals surface area (Å²) in [7, 11) is 0. The molecule has 1 aliphatic carbocycles. The number of nitrogens with two attached hydrogens (primary N) is 1. The lowest BCUT2D eigenvalue weighted by atomic mass is 10.1. The monoisotopic (exact) mass is 427 g/mol. The molecular weight excluding hydrogens is 402 g/mol. The van der Waals surface area contributed by atoms with Crippen molar-refractivity contribution in [1.82, 2.24) is 19.7 Å². The Labute approximate surface area is 185 Å². The van der Waals surface area contributed by atoms with Crippen molar-refractivity contribution in [2.24, 2.45) is 5.92 Å². The van der Waals surface area contributed by atoms with Gasteiger partial charge in [0.15, 0.2) is 5.65 Å². The predicted octanol–water partition coefficient (Wildman–Crippen LogP) is 4.36. The van der Waals surface area contributed by atoms with Crippen LogP contribution in [0.3, 0.4) is 0 Å². The quantitative estimate of drug-likeness (QED) is 0.423. The molecule has 0 atom stereocenters. The van der Waals surface area contributed by atoms with Gasteiger partial charge in [0, 0.05) is 24.3 Å². The van der Waals surface area contributed by atoms with E-state index in [2.05, 4.69) is 20.6 Å². The molecule has 2 amide bonds. The summed E-state index contributed by atoms with van der Waals surface area (Å²) in [6.45, 7) is 2.84. The van der Waals surface area contributed by atoms with Crippen molar-refractivity contribution in [1.29, 1.82) is 0 Å². The molecule has 4 aromatic rings. The van der Waals surface area contributed by atoms with Crippen LogP contribution in [0.2, 0.25) is 0 Å². The van der Waals surface area contributed by atoms with Crippen LogP contribution in [-0.2, 0) is 13.0 Å². The number of nitrogen functional groups attached to an aromatic ring is 1. The highest BCUT2D eigenvalue weighted by Gasteiger charge is 2.25. The Morgan fingerprint density at radius 1 is 1.09 bits per heavy atom. The molecule has 1 aliphatic rings. The normalized spacial score (nSPS) is 13.3. The van der Waals surface area contributed by atoms with Crippen LogP contribution in [0.4, 0.5) is 22.0 Å². The van der Waals surface area contributed by atoms with Crippen LogP contribution >= 0.6 is 0 Å². The Kier molecular flexibility index (Phi) is 5.18. The molecule has 0 saturated heterocycles. The number of carbonyl (C=O) groups is 1. The minimum atomic E-state index is -0.287. The topological polar surface area (TPSA) is 111 Å². The number of hydrogen-bond acceptors (Lipinski definition) is 5. The summed E-state index contributed by atoms with van der Waals surface area (Å²) in [5.74, 6) is 1.11. The van der Waals surface area contributed by atoms with Gasteiger partial charge in [-0.15, -0.1) is 0 Å². The largest absolute Gasteiger partial charge is 0.383 e. The number of nitrogens with one attached hydrogen (secondary N) is 2. The van der Waals surface area contributed by atoms with Crippen LogP contribution in [-0.4, -0.2) is 25.8 Å². The fourth-order valence-corrected chi connectivity index (χ4v) is 3.87. The van der Waals surface area contributed by atoms with Crippen molar-refractivity contribution >= 4 is 34.3 Å². The number of aromatic nitrogens is 4. The molecule has 0 spiro atoms. The van der Waals surface area contributed by atoms with Crippen LogP contribution in [0, 0.1) is 12.8 Å². The van der Waals surface area contributed by atoms with Crippen molar-refractivity contribution in [3.8, 4) is 0 Å². The summed E-state index contributed by atoms with van der Waals surface area (Å²) >= 11 is 0. The third-order valence-electron chi connectivity index (χ3n) is 5.59. The third kappa shape index (κ3) is 4.39. The van der Waals surface area contributed by atoms with Gasteiger partial charge in [-0.05, 0) is 61.1 Å². The molecule has 162 valence electrons. The van der Waals surface area contributed by atoms with E-state index in [0.717, 1.165) is 40.1 Å². The number of aryl methyl sites for hydroxylation is 1. The van der Waals surface area contributed by atoms with Gasteiger partial charge in [0.25, 0.3) is 0 Å². The minimum Gasteiger partial charge on any atom is -0.383 e. The number of benzene rings is 2. The van der Waals surface area contributed by atoms with Gasteiger partial charge in [0.1, 0.15) is 12.1 Å². The van der Waals surface area contributed by atoms with E-state index < -0.39 is 0 Å². The minimum absolute atomic E-state index is 0.287. The standard InChI is InChI=1S/C24H25N7O/c1-15-4-2-6-18(10-15)28-24(32)29-19-7-3-5-17(11-19)12-20-21-22(25)26-14-27-23(21)31(30-20)13-16-8-9-16/h2-7,10-11,14,16H,8-9,12-13H2,1H3,(H2,25,26,27)(H2,28,29,32). The van der Waals surface area contributed by atoms with Crippen molar-refractivity contribution in [3.05, 3.63) is 71.7 Å². The first kappa shape index (κ1) is 20.0. The summed E-state index contributed by atoms with van der Waals surface area (Å²) in [5, 5.41) is 11.4. The van der Waals surface area contributed by atoms with E-state index >= 15 is 0 Å². The molecule has 0 aliphatic heterocycles. The van der Waals surface area contributed by atoms with Gasteiger partial charge in [0.05, 0.1) is 11.1 Å². The van der Waals surface area contributed by atoms with Crippen molar-refractivity contribution < 1.29 is 4.79 Å². The number of anilines is 3. The van der Waals surface area contributed by atoms with E-state index in [9.17, 15) is 4.79 Å². The zero-order valence-corrected chi connectivity index (χ0v) is 17.9. The highest BCUT2D eigenvalue weighted by atomic mass is 16.2. The molecule has 2 aromatic heterocycles. The van der Waals surface area contributed by atoms with E-state index in [-0.39, 0.29) is 6.03 Å². The van der Waals surface area contributed by atoms with Crippen LogP contribution in [0.25, 0.3) is 11.0 Å². The van der Waals surface area contributed by atoms with Gasteiger partial charge in [0.2, 0.25) is 0 Å². The first-order valence-electron chi connectivity index (χ1n) is 10.7. The molecule has 1 saturated carbocycles. The number of urea groups is 1. The lowest BCUT2D eigenvalue weighted by Gasteiger charge is -2.09. The van der Waals surface area contributed by atoms with Crippen molar-refractivity contribution in [2.75, 3.05) is 16.4 Å². The second-order valence-corrected chi connectivity index (χ2v) is 8.36. The molecule has 2 heterocycles. The molecule has 8 nitrogen and oxygen atoms in total. The SMILES string of the molecule is Cc1cccc(NC(=O)Nc2cccc(Cc3nn(CC4CC4)c4ncnc(N)c34)c2)c1. The Morgan fingerprint density at radius 3 is 2.59 bits per heavy atom. The van der Waals surface area contributed by atoms with E-state index in [1.807, 2.05) is 60.1 Å². The lowest BCUT2D eigenvalue weighted by molar-refractivity contribution is 0.262. The number of rotatable bonds is 6. The molecule has 4 N–H and O–H groups in total. The number of nitrogens with zero attached hydrogens (tertiary/aromatic N) is 4. The fourth-order valence-electron chi connectivity index (χ4n) is 3.87. The maximum absolute atomic E-state index is 12.4. The second kappa shape index (κ2) is 8.30. The Bertz CT molecular complexity index is 1290. The average molecular weight is 428 g/mol. The lowest BCUT2D eigenvalue weighted by Crippen LogP contribution is -2.19. The maximum Gasteiger partial charge on any atom is 0.323 e. The van der Waals surface area contributed by atoms with E-state index in [1.165, 1.54) is 19.2 Å². The number of carbonyl (C=O) groups excluding carboxylic acids is 1. The van der Waals surface area contributed by atoms with Crippen LogP contribution in [0.1, 0.15) is 29.7 Å².